The molecule has 1 heterocycles. The van der Waals surface area contributed by atoms with Gasteiger partial charge in [-0.15, -0.1) is 0 Å². The van der Waals surface area contributed by atoms with Crippen LogP contribution >= 0.6 is 7.60 Å². The molecule has 1 aliphatic rings. The maximum absolute atomic E-state index is 13.7. The van der Waals surface area contributed by atoms with Crippen LogP contribution in [0.1, 0.15) is 47.4 Å². The average Bonchev–Trinajstić information content (AvgIpc) is 3.37. The molecule has 0 amide bonds. The van der Waals surface area contributed by atoms with E-state index in [1.807, 2.05) is 60.7 Å². The second kappa shape index (κ2) is 12.2. The van der Waals surface area contributed by atoms with E-state index in [1.54, 1.807) is 27.7 Å². The van der Waals surface area contributed by atoms with Crippen LogP contribution in [0.5, 0.6) is 0 Å². The number of nitrogens with zero attached hydrogens (tertiary/aromatic N) is 1. The molecule has 0 saturated heterocycles. The van der Waals surface area contributed by atoms with Crippen LogP contribution in [0.3, 0.4) is 0 Å². The maximum Gasteiger partial charge on any atom is 0.379 e. The van der Waals surface area contributed by atoms with Crippen LogP contribution in [0, 0.1) is 19.3 Å². The Hall–Kier alpha value is -3.32. The van der Waals surface area contributed by atoms with Crippen LogP contribution < -0.4 is 5.44 Å². The summed E-state index contributed by atoms with van der Waals surface area (Å²) in [7, 11) is -3.71. The molecule has 8 nitrogen and oxygen atoms in total. The van der Waals surface area contributed by atoms with Crippen LogP contribution in [-0.2, 0) is 58.7 Å². The molecule has 1 aromatic heterocycles. The minimum Gasteiger partial charge on any atom is -0.460 e. The van der Waals surface area contributed by atoms with Crippen LogP contribution in [0.4, 0.5) is 0 Å². The summed E-state index contributed by atoms with van der Waals surface area (Å²) < 4.78 is 36.2. The number of aryl methyl sites for hydroxylation is 1. The number of aromatic nitrogens is 1. The van der Waals surface area contributed by atoms with Crippen molar-refractivity contribution in [2.75, 3.05) is 13.2 Å². The van der Waals surface area contributed by atoms with E-state index in [0.29, 0.717) is 16.8 Å². The van der Waals surface area contributed by atoms with Crippen LogP contribution in [0.15, 0.2) is 60.7 Å². The molecule has 4 rings (SSSR count). The Bertz CT molecular complexity index is 1310. The Kier molecular flexibility index (Phi) is 9.01. The SMILES string of the molecule is CCOP(=O)(OCC)c1nc(C)c2c(c1C)CC(C(=O)OCc1ccccc1)(C(=O)OCc1ccccc1)C2. The lowest BCUT2D eigenvalue weighted by Gasteiger charge is -2.25. The molecule has 39 heavy (non-hydrogen) atoms. The lowest BCUT2D eigenvalue weighted by Crippen LogP contribution is -2.43. The van der Waals surface area contributed by atoms with Crippen molar-refractivity contribution >= 4 is 25.0 Å². The largest absolute Gasteiger partial charge is 0.460 e. The fourth-order valence-electron chi connectivity index (χ4n) is 4.89. The summed E-state index contributed by atoms with van der Waals surface area (Å²) in [6.07, 6.45) is 0.0983. The van der Waals surface area contributed by atoms with E-state index in [2.05, 4.69) is 4.98 Å². The van der Waals surface area contributed by atoms with Gasteiger partial charge < -0.3 is 18.5 Å². The molecule has 9 heteroatoms. The molecule has 0 aliphatic heterocycles. The molecule has 206 valence electrons. The smallest absolute Gasteiger partial charge is 0.379 e. The fourth-order valence-corrected chi connectivity index (χ4v) is 6.71. The highest BCUT2D eigenvalue weighted by Gasteiger charge is 2.55. The van der Waals surface area contributed by atoms with Crippen molar-refractivity contribution in [2.45, 2.75) is 53.8 Å². The minimum absolute atomic E-state index is 0.0229. The summed E-state index contributed by atoms with van der Waals surface area (Å²) in [5.74, 6) is -1.34. The Balaban J connectivity index is 1.70. The summed E-state index contributed by atoms with van der Waals surface area (Å²) in [5, 5.41) is 0. The first-order valence-corrected chi connectivity index (χ1v) is 14.6. The van der Waals surface area contributed by atoms with Crippen molar-refractivity contribution in [3.8, 4) is 0 Å². The normalized spacial score (nSPS) is 14.1. The molecule has 2 aromatic carbocycles. The van der Waals surface area contributed by atoms with Gasteiger partial charge in [0.25, 0.3) is 0 Å². The molecule has 1 aliphatic carbocycles. The maximum atomic E-state index is 13.7. The zero-order valence-corrected chi connectivity index (χ0v) is 23.7. The molecular weight excluding hydrogens is 517 g/mol. The van der Waals surface area contributed by atoms with Gasteiger partial charge in [-0.25, -0.2) is 4.98 Å². The zero-order chi connectivity index (χ0) is 28.0. The van der Waals surface area contributed by atoms with E-state index in [4.69, 9.17) is 18.5 Å². The number of rotatable bonds is 11. The monoisotopic (exact) mass is 551 g/mol. The Labute approximate surface area is 229 Å². The number of fused-ring (bicyclic) bond motifs is 1. The van der Waals surface area contributed by atoms with Crippen molar-refractivity contribution in [1.82, 2.24) is 4.98 Å². The van der Waals surface area contributed by atoms with Gasteiger partial charge in [0.2, 0.25) is 0 Å². The topological polar surface area (TPSA) is 101 Å². The van der Waals surface area contributed by atoms with Crippen LogP contribution in [0.25, 0.3) is 0 Å². The number of hydrogen-bond donors (Lipinski definition) is 0. The number of esters is 2. The third-order valence-electron chi connectivity index (χ3n) is 6.88. The van der Waals surface area contributed by atoms with E-state index in [-0.39, 0.29) is 44.7 Å². The van der Waals surface area contributed by atoms with Gasteiger partial charge in [0.15, 0.2) is 10.9 Å². The Morgan fingerprint density at radius 1 is 0.795 bits per heavy atom. The van der Waals surface area contributed by atoms with Crippen molar-refractivity contribution in [3.63, 3.8) is 0 Å². The highest BCUT2D eigenvalue weighted by Crippen LogP contribution is 2.50. The van der Waals surface area contributed by atoms with Crippen molar-refractivity contribution in [3.05, 3.63) is 94.2 Å². The summed E-state index contributed by atoms with van der Waals surface area (Å²) in [6.45, 7) is 7.41. The van der Waals surface area contributed by atoms with Gasteiger partial charge in [-0.05, 0) is 55.5 Å². The zero-order valence-electron chi connectivity index (χ0n) is 22.8. The number of pyridine rings is 1. The second-order valence-electron chi connectivity index (χ2n) is 9.50. The van der Waals surface area contributed by atoms with Gasteiger partial charge in [-0.2, -0.15) is 0 Å². The minimum atomic E-state index is -3.71. The Morgan fingerprint density at radius 2 is 1.26 bits per heavy atom. The molecular formula is C30H34NO7P. The van der Waals surface area contributed by atoms with Gasteiger partial charge in [0.1, 0.15) is 13.2 Å². The van der Waals surface area contributed by atoms with Crippen LogP contribution in [-0.4, -0.2) is 30.1 Å². The number of ether oxygens (including phenoxy) is 2. The summed E-state index contributed by atoms with van der Waals surface area (Å²) >= 11 is 0. The summed E-state index contributed by atoms with van der Waals surface area (Å²) in [6, 6.07) is 18.6. The van der Waals surface area contributed by atoms with E-state index in [0.717, 1.165) is 16.7 Å². The molecule has 0 unspecified atom stereocenters. The lowest BCUT2D eigenvalue weighted by atomic mass is 9.84. The van der Waals surface area contributed by atoms with Crippen molar-refractivity contribution in [2.24, 2.45) is 5.41 Å². The number of benzene rings is 2. The predicted octanol–water partition coefficient (Wildman–Crippen LogP) is 5.16. The fraction of sp³-hybridized carbons (Fsp3) is 0.367. The van der Waals surface area contributed by atoms with Crippen molar-refractivity contribution in [1.29, 1.82) is 0 Å². The third kappa shape index (κ3) is 5.98. The quantitative estimate of drug-likeness (QED) is 0.183. The van der Waals surface area contributed by atoms with Gasteiger partial charge >= 0.3 is 19.5 Å². The van der Waals surface area contributed by atoms with Crippen molar-refractivity contribution < 1.29 is 32.7 Å². The number of hydrogen-bond acceptors (Lipinski definition) is 8. The lowest BCUT2D eigenvalue weighted by molar-refractivity contribution is -0.173. The summed E-state index contributed by atoms with van der Waals surface area (Å²) in [5.41, 5.74) is 2.79. The number of carbonyl (C=O) groups is 2. The number of carbonyl (C=O) groups excluding carboxylic acids is 2. The summed E-state index contributed by atoms with van der Waals surface area (Å²) in [4.78, 5) is 32.1. The molecule has 0 bridgehead atoms. The van der Waals surface area contributed by atoms with E-state index in [9.17, 15) is 14.2 Å². The van der Waals surface area contributed by atoms with Gasteiger partial charge in [0.05, 0.1) is 13.2 Å². The molecule has 0 spiro atoms. The second-order valence-corrected chi connectivity index (χ2v) is 11.4. The van der Waals surface area contributed by atoms with E-state index < -0.39 is 24.9 Å². The van der Waals surface area contributed by atoms with E-state index in [1.165, 1.54) is 0 Å². The molecule has 0 atom stereocenters. The first kappa shape index (κ1) is 28.7. The van der Waals surface area contributed by atoms with Gasteiger partial charge in [-0.3, -0.25) is 14.2 Å². The van der Waals surface area contributed by atoms with E-state index >= 15 is 0 Å². The first-order valence-electron chi connectivity index (χ1n) is 13.0. The predicted molar refractivity (Wildman–Crippen MR) is 147 cm³/mol. The molecule has 0 N–H and O–H groups in total. The van der Waals surface area contributed by atoms with Gasteiger partial charge in [0, 0.05) is 18.5 Å². The average molecular weight is 552 g/mol. The molecule has 0 saturated carbocycles. The molecule has 3 aromatic rings. The van der Waals surface area contributed by atoms with Gasteiger partial charge in [-0.1, -0.05) is 60.7 Å². The molecule has 0 radical (unpaired) electrons. The Morgan fingerprint density at radius 3 is 1.72 bits per heavy atom. The highest BCUT2D eigenvalue weighted by molar-refractivity contribution is 7.62. The highest BCUT2D eigenvalue weighted by atomic mass is 31.2. The molecule has 0 fully saturated rings. The van der Waals surface area contributed by atoms with Crippen LogP contribution in [0.2, 0.25) is 0 Å². The standard InChI is InChI=1S/C30H34NO7P/c1-5-37-39(34,38-6-2)27-21(3)25-17-30(18-26(25)22(4)31-27,28(32)35-19-23-13-9-7-10-14-23)29(33)36-20-24-15-11-8-12-16-24/h7-16H,5-6,17-20H2,1-4H3. The first-order chi connectivity index (χ1) is 18.7. The third-order valence-corrected chi connectivity index (χ3v) is 9.03.